The summed E-state index contributed by atoms with van der Waals surface area (Å²) < 4.78 is 10.9. The molecule has 2 aromatic rings. The van der Waals surface area contributed by atoms with E-state index in [1.165, 1.54) is 0 Å². The molecule has 1 saturated heterocycles. The molecule has 144 valence electrons. The average Bonchev–Trinajstić information content (AvgIpc) is 2.74. The van der Waals surface area contributed by atoms with Crippen LogP contribution in [0.5, 0.6) is 11.5 Å². The normalized spacial score (nSPS) is 14.8. The maximum atomic E-state index is 12.6. The van der Waals surface area contributed by atoms with Gasteiger partial charge in [0.05, 0.1) is 7.11 Å². The van der Waals surface area contributed by atoms with Crippen LogP contribution < -0.4 is 14.8 Å². The number of nitrogens with one attached hydrogen (secondary N) is 1. The van der Waals surface area contributed by atoms with Gasteiger partial charge < -0.3 is 19.7 Å². The average molecular weight is 368 g/mol. The largest absolute Gasteiger partial charge is 0.497 e. The molecule has 0 aliphatic carbocycles. The predicted octanol–water partition coefficient (Wildman–Crippen LogP) is 3.22. The summed E-state index contributed by atoms with van der Waals surface area (Å²) >= 11 is 0. The van der Waals surface area contributed by atoms with Crippen LogP contribution in [-0.2, 0) is 0 Å². The molecule has 0 bridgehead atoms. The number of likely N-dealkylation sites (tertiary alicyclic amines) is 1. The van der Waals surface area contributed by atoms with Crippen molar-refractivity contribution in [1.29, 1.82) is 0 Å². The van der Waals surface area contributed by atoms with Gasteiger partial charge in [-0.3, -0.25) is 4.79 Å². The number of benzene rings is 2. The third-order valence-corrected chi connectivity index (χ3v) is 4.94. The van der Waals surface area contributed by atoms with Crippen LogP contribution in [0.4, 0.5) is 0 Å². The SMILES string of the molecule is COc1cccc(C(=O)N2CCC(CNCCOc3ccccc3)CC2)c1. The lowest BCUT2D eigenvalue weighted by Crippen LogP contribution is -2.41. The molecule has 1 fully saturated rings. The summed E-state index contributed by atoms with van der Waals surface area (Å²) in [5.74, 6) is 2.33. The van der Waals surface area contributed by atoms with E-state index in [0.29, 0.717) is 18.1 Å². The number of para-hydroxylation sites is 1. The Kier molecular flexibility index (Phi) is 7.11. The van der Waals surface area contributed by atoms with Gasteiger partial charge in [-0.15, -0.1) is 0 Å². The molecule has 1 aliphatic rings. The van der Waals surface area contributed by atoms with E-state index in [1.54, 1.807) is 7.11 Å². The number of amides is 1. The van der Waals surface area contributed by atoms with Crippen molar-refractivity contribution in [2.24, 2.45) is 5.92 Å². The molecule has 0 saturated carbocycles. The van der Waals surface area contributed by atoms with Gasteiger partial charge in [-0.25, -0.2) is 0 Å². The Morgan fingerprint density at radius 2 is 1.81 bits per heavy atom. The van der Waals surface area contributed by atoms with Crippen molar-refractivity contribution in [1.82, 2.24) is 10.2 Å². The summed E-state index contributed by atoms with van der Waals surface area (Å²) in [5.41, 5.74) is 0.698. The number of piperidine rings is 1. The molecule has 1 amide bonds. The summed E-state index contributed by atoms with van der Waals surface area (Å²) in [4.78, 5) is 14.6. The van der Waals surface area contributed by atoms with Crippen molar-refractivity contribution < 1.29 is 14.3 Å². The van der Waals surface area contributed by atoms with E-state index in [-0.39, 0.29) is 5.91 Å². The molecule has 0 atom stereocenters. The molecule has 0 aromatic heterocycles. The van der Waals surface area contributed by atoms with E-state index in [9.17, 15) is 4.79 Å². The topological polar surface area (TPSA) is 50.8 Å². The molecular weight excluding hydrogens is 340 g/mol. The molecular formula is C22H28N2O3. The van der Waals surface area contributed by atoms with Crippen LogP contribution >= 0.6 is 0 Å². The fourth-order valence-electron chi connectivity index (χ4n) is 3.34. The Morgan fingerprint density at radius 3 is 2.56 bits per heavy atom. The van der Waals surface area contributed by atoms with Crippen LogP contribution in [0, 0.1) is 5.92 Å². The minimum absolute atomic E-state index is 0.0940. The Labute approximate surface area is 161 Å². The Balaban J connectivity index is 1.34. The number of carbonyl (C=O) groups is 1. The fourth-order valence-corrected chi connectivity index (χ4v) is 3.34. The van der Waals surface area contributed by atoms with Crippen molar-refractivity contribution in [2.45, 2.75) is 12.8 Å². The first-order chi connectivity index (χ1) is 13.3. The molecule has 0 unspecified atom stereocenters. The number of rotatable bonds is 8. The van der Waals surface area contributed by atoms with Crippen molar-refractivity contribution in [2.75, 3.05) is 39.9 Å². The third-order valence-electron chi connectivity index (χ3n) is 4.94. The van der Waals surface area contributed by atoms with E-state index in [1.807, 2.05) is 59.5 Å². The first-order valence-electron chi connectivity index (χ1n) is 9.58. The number of ether oxygens (including phenoxy) is 2. The standard InChI is InChI=1S/C22H28N2O3/c1-26-21-9-5-6-19(16-21)22(25)24-13-10-18(11-14-24)17-23-12-15-27-20-7-3-2-4-8-20/h2-9,16,18,23H,10-15,17H2,1H3. The van der Waals surface area contributed by atoms with Crippen molar-refractivity contribution in [3.8, 4) is 11.5 Å². The molecule has 0 radical (unpaired) electrons. The van der Waals surface area contributed by atoms with Crippen LogP contribution in [-0.4, -0.2) is 50.7 Å². The zero-order chi connectivity index (χ0) is 18.9. The molecule has 3 rings (SSSR count). The minimum Gasteiger partial charge on any atom is -0.497 e. The summed E-state index contributed by atoms with van der Waals surface area (Å²) in [6, 6.07) is 17.2. The zero-order valence-corrected chi connectivity index (χ0v) is 15.9. The minimum atomic E-state index is 0.0940. The van der Waals surface area contributed by atoms with Crippen molar-refractivity contribution >= 4 is 5.91 Å². The van der Waals surface area contributed by atoms with Crippen LogP contribution in [0.1, 0.15) is 23.2 Å². The van der Waals surface area contributed by atoms with Gasteiger partial charge in [0.2, 0.25) is 0 Å². The fraction of sp³-hybridized carbons (Fsp3) is 0.409. The molecule has 2 aromatic carbocycles. The number of carbonyl (C=O) groups excluding carboxylic acids is 1. The first-order valence-corrected chi connectivity index (χ1v) is 9.58. The maximum Gasteiger partial charge on any atom is 0.253 e. The molecule has 1 heterocycles. The second kappa shape index (κ2) is 9.97. The van der Waals surface area contributed by atoms with Gasteiger partial charge in [-0.1, -0.05) is 24.3 Å². The summed E-state index contributed by atoms with van der Waals surface area (Å²) in [5, 5.41) is 3.47. The van der Waals surface area contributed by atoms with E-state index >= 15 is 0 Å². The lowest BCUT2D eigenvalue weighted by molar-refractivity contribution is 0.0689. The van der Waals surface area contributed by atoms with Crippen LogP contribution in [0.15, 0.2) is 54.6 Å². The van der Waals surface area contributed by atoms with Gasteiger partial charge in [0.15, 0.2) is 0 Å². The number of hydrogen-bond acceptors (Lipinski definition) is 4. The Hall–Kier alpha value is -2.53. The summed E-state index contributed by atoms with van der Waals surface area (Å²) in [6.45, 7) is 4.08. The molecule has 5 nitrogen and oxygen atoms in total. The first kappa shape index (κ1) is 19.2. The maximum absolute atomic E-state index is 12.6. The summed E-state index contributed by atoms with van der Waals surface area (Å²) in [7, 11) is 1.62. The van der Waals surface area contributed by atoms with Gasteiger partial charge >= 0.3 is 0 Å². The Morgan fingerprint density at radius 1 is 1.07 bits per heavy atom. The second-order valence-corrected chi connectivity index (χ2v) is 6.83. The van der Waals surface area contributed by atoms with Gasteiger partial charge in [0, 0.05) is 25.2 Å². The van der Waals surface area contributed by atoms with Crippen LogP contribution in [0.25, 0.3) is 0 Å². The zero-order valence-electron chi connectivity index (χ0n) is 15.9. The molecule has 5 heteroatoms. The second-order valence-electron chi connectivity index (χ2n) is 6.83. The highest BCUT2D eigenvalue weighted by molar-refractivity contribution is 5.94. The monoisotopic (exact) mass is 368 g/mol. The van der Waals surface area contributed by atoms with Gasteiger partial charge in [0.1, 0.15) is 18.1 Å². The van der Waals surface area contributed by atoms with Crippen molar-refractivity contribution in [3.05, 3.63) is 60.2 Å². The highest BCUT2D eigenvalue weighted by atomic mass is 16.5. The lowest BCUT2D eigenvalue weighted by Gasteiger charge is -2.32. The van der Waals surface area contributed by atoms with E-state index < -0.39 is 0 Å². The number of nitrogens with zero attached hydrogens (tertiary/aromatic N) is 1. The molecule has 0 spiro atoms. The molecule has 27 heavy (non-hydrogen) atoms. The highest BCUT2D eigenvalue weighted by Crippen LogP contribution is 2.20. The third kappa shape index (κ3) is 5.73. The van der Waals surface area contributed by atoms with E-state index in [4.69, 9.17) is 9.47 Å². The van der Waals surface area contributed by atoms with Crippen LogP contribution in [0.3, 0.4) is 0 Å². The van der Waals surface area contributed by atoms with Crippen LogP contribution in [0.2, 0.25) is 0 Å². The Bertz CT molecular complexity index is 713. The van der Waals surface area contributed by atoms with Crippen molar-refractivity contribution in [3.63, 3.8) is 0 Å². The molecule has 1 aliphatic heterocycles. The van der Waals surface area contributed by atoms with Gasteiger partial charge in [-0.2, -0.15) is 0 Å². The van der Waals surface area contributed by atoms with Gasteiger partial charge in [-0.05, 0) is 55.6 Å². The smallest absolute Gasteiger partial charge is 0.253 e. The number of methoxy groups -OCH3 is 1. The van der Waals surface area contributed by atoms with Gasteiger partial charge in [0.25, 0.3) is 5.91 Å². The highest BCUT2D eigenvalue weighted by Gasteiger charge is 2.23. The number of hydrogen-bond donors (Lipinski definition) is 1. The quantitative estimate of drug-likeness (QED) is 0.727. The molecule has 1 N–H and O–H groups in total. The summed E-state index contributed by atoms with van der Waals surface area (Å²) in [6.07, 6.45) is 2.06. The van der Waals surface area contributed by atoms with E-state index in [2.05, 4.69) is 5.32 Å². The lowest BCUT2D eigenvalue weighted by atomic mass is 9.96. The van der Waals surface area contributed by atoms with E-state index in [0.717, 1.165) is 50.5 Å². The predicted molar refractivity (Wildman–Crippen MR) is 106 cm³/mol.